The summed E-state index contributed by atoms with van der Waals surface area (Å²) in [7, 11) is 0. The van der Waals surface area contributed by atoms with Gasteiger partial charge >= 0.3 is 6.09 Å². The van der Waals surface area contributed by atoms with Gasteiger partial charge in [-0.2, -0.15) is 0 Å². The van der Waals surface area contributed by atoms with Gasteiger partial charge < -0.3 is 14.7 Å². The molecule has 5 aromatic rings. The first-order chi connectivity index (χ1) is 19.3. The summed E-state index contributed by atoms with van der Waals surface area (Å²) < 4.78 is 5.65. The van der Waals surface area contributed by atoms with Crippen molar-refractivity contribution < 1.29 is 9.53 Å². The predicted octanol–water partition coefficient (Wildman–Crippen LogP) is 8.56. The molecule has 4 heterocycles. The first-order valence-corrected chi connectivity index (χ1v) is 15.2. The van der Waals surface area contributed by atoms with E-state index in [0.29, 0.717) is 12.5 Å². The van der Waals surface area contributed by atoms with E-state index in [9.17, 15) is 4.79 Å². The third kappa shape index (κ3) is 4.79. The van der Waals surface area contributed by atoms with Crippen molar-refractivity contribution in [2.24, 2.45) is 0 Å². The molecule has 0 unspecified atom stereocenters. The number of imidazole rings is 2. The fraction of sp³-hybridized carbons (Fsp3) is 0.406. The maximum absolute atomic E-state index is 12.8. The molecule has 1 saturated carbocycles. The third-order valence-electron chi connectivity index (χ3n) is 8.11. The van der Waals surface area contributed by atoms with Crippen molar-refractivity contribution in [2.45, 2.75) is 76.9 Å². The molecule has 206 valence electrons. The molecule has 0 spiro atoms. The van der Waals surface area contributed by atoms with E-state index in [1.165, 1.54) is 41.0 Å². The molecule has 1 aliphatic heterocycles. The monoisotopic (exact) mass is 553 g/mol. The van der Waals surface area contributed by atoms with Gasteiger partial charge in [-0.15, -0.1) is 11.3 Å². The molecule has 2 aromatic carbocycles. The molecule has 2 fully saturated rings. The van der Waals surface area contributed by atoms with Crippen molar-refractivity contribution in [1.82, 2.24) is 24.8 Å². The van der Waals surface area contributed by atoms with Crippen LogP contribution in [0.3, 0.4) is 0 Å². The maximum atomic E-state index is 12.8. The van der Waals surface area contributed by atoms with Crippen molar-refractivity contribution in [3.8, 4) is 20.9 Å². The predicted molar refractivity (Wildman–Crippen MR) is 161 cm³/mol. The first-order valence-electron chi connectivity index (χ1n) is 14.4. The van der Waals surface area contributed by atoms with Crippen LogP contribution in [0.25, 0.3) is 42.9 Å². The van der Waals surface area contributed by atoms with Crippen molar-refractivity contribution in [3.63, 3.8) is 0 Å². The normalized spacial score (nSPS) is 18.4. The van der Waals surface area contributed by atoms with E-state index in [4.69, 9.17) is 14.7 Å². The number of ether oxygens (including phenoxy) is 1. The number of aromatic nitrogens is 4. The molecule has 1 saturated heterocycles. The SMILES string of the molecule is CC(C)(C)OC(=O)N1CCC[C@H]1c1nc2ccc(-c3ccc(-c4ccc5nc(C6CCCC6)[nH]c5c4)s3)cc2[nH]1. The summed E-state index contributed by atoms with van der Waals surface area (Å²) in [6.07, 6.45) is 6.64. The van der Waals surface area contributed by atoms with E-state index in [1.807, 2.05) is 25.7 Å². The Labute approximate surface area is 238 Å². The number of carbonyl (C=O) groups is 1. The number of fused-ring (bicyclic) bond motifs is 2. The second-order valence-corrected chi connectivity index (χ2v) is 13.3. The van der Waals surface area contributed by atoms with Gasteiger partial charge in [0.05, 0.1) is 28.1 Å². The van der Waals surface area contributed by atoms with Crippen LogP contribution in [0.2, 0.25) is 0 Å². The standard InChI is InChI=1S/C32H35N5O2S/c1-32(2,3)39-31(38)37-16-6-9-26(37)30-34-23-13-11-21(18-25(23)36-30)28-15-14-27(40-28)20-10-12-22-24(17-20)35-29(33-22)19-7-4-5-8-19/h10-15,17-19,26H,4-9,16H2,1-3H3,(H,33,35)(H,34,36)/t26-/m0/s1. The Morgan fingerprint density at radius 2 is 1.45 bits per heavy atom. The number of nitrogens with one attached hydrogen (secondary N) is 2. The van der Waals surface area contributed by atoms with Gasteiger partial charge in [-0.25, -0.2) is 14.8 Å². The van der Waals surface area contributed by atoms with E-state index < -0.39 is 5.60 Å². The number of rotatable bonds is 4. The molecule has 0 bridgehead atoms. The lowest BCUT2D eigenvalue weighted by Crippen LogP contribution is -2.36. The van der Waals surface area contributed by atoms with Crippen LogP contribution >= 0.6 is 11.3 Å². The van der Waals surface area contributed by atoms with Gasteiger partial charge in [-0.05, 0) is 94.0 Å². The molecule has 2 N–H and O–H groups in total. The summed E-state index contributed by atoms with van der Waals surface area (Å²) in [4.78, 5) is 33.9. The second-order valence-electron chi connectivity index (χ2n) is 12.2. The van der Waals surface area contributed by atoms with Gasteiger partial charge in [0.25, 0.3) is 0 Å². The quantitative estimate of drug-likeness (QED) is 0.233. The van der Waals surface area contributed by atoms with Crippen molar-refractivity contribution in [2.75, 3.05) is 6.54 Å². The number of thiophene rings is 1. The van der Waals surface area contributed by atoms with Crippen LogP contribution in [0.4, 0.5) is 4.79 Å². The number of aromatic amines is 2. The van der Waals surface area contributed by atoms with Gasteiger partial charge in [-0.3, -0.25) is 4.90 Å². The number of nitrogens with zero attached hydrogens (tertiary/aromatic N) is 3. The van der Waals surface area contributed by atoms with Gasteiger partial charge in [0.1, 0.15) is 17.2 Å². The van der Waals surface area contributed by atoms with Crippen molar-refractivity contribution in [3.05, 3.63) is 60.2 Å². The number of benzene rings is 2. The molecular formula is C32H35N5O2S. The van der Waals surface area contributed by atoms with E-state index in [2.05, 4.69) is 58.5 Å². The minimum absolute atomic E-state index is 0.0920. The van der Waals surface area contributed by atoms with E-state index in [-0.39, 0.29) is 12.1 Å². The second kappa shape index (κ2) is 9.77. The van der Waals surface area contributed by atoms with Gasteiger partial charge in [0, 0.05) is 22.2 Å². The zero-order valence-corrected chi connectivity index (χ0v) is 24.1. The first kappa shape index (κ1) is 25.3. The average molecular weight is 554 g/mol. The number of hydrogen-bond donors (Lipinski definition) is 2. The van der Waals surface area contributed by atoms with Gasteiger partial charge in [0.2, 0.25) is 0 Å². The Balaban J connectivity index is 1.13. The molecular weight excluding hydrogens is 518 g/mol. The number of H-pyrrole nitrogens is 2. The highest BCUT2D eigenvalue weighted by atomic mass is 32.1. The Bertz CT molecular complexity index is 1700. The smallest absolute Gasteiger partial charge is 0.410 e. The summed E-state index contributed by atoms with van der Waals surface area (Å²) in [5, 5.41) is 0. The number of hydrogen-bond acceptors (Lipinski definition) is 5. The van der Waals surface area contributed by atoms with Crippen molar-refractivity contribution >= 4 is 39.5 Å². The van der Waals surface area contributed by atoms with Crippen LogP contribution < -0.4 is 0 Å². The summed E-state index contributed by atoms with van der Waals surface area (Å²) in [6.45, 7) is 6.39. The fourth-order valence-electron chi connectivity index (χ4n) is 6.15. The summed E-state index contributed by atoms with van der Waals surface area (Å²) >= 11 is 1.79. The third-order valence-corrected chi connectivity index (χ3v) is 9.30. The van der Waals surface area contributed by atoms with Crippen LogP contribution in [0, 0.1) is 0 Å². The molecule has 0 radical (unpaired) electrons. The number of amides is 1. The topological polar surface area (TPSA) is 86.9 Å². The molecule has 8 heteroatoms. The van der Waals surface area contributed by atoms with Gasteiger partial charge in [-0.1, -0.05) is 25.0 Å². The zero-order chi connectivity index (χ0) is 27.4. The highest BCUT2D eigenvalue weighted by molar-refractivity contribution is 7.18. The van der Waals surface area contributed by atoms with E-state index in [0.717, 1.165) is 52.1 Å². The van der Waals surface area contributed by atoms with E-state index >= 15 is 0 Å². The maximum Gasteiger partial charge on any atom is 0.410 e. The molecule has 40 heavy (non-hydrogen) atoms. The lowest BCUT2D eigenvalue weighted by Gasteiger charge is -2.27. The molecule has 2 aliphatic rings. The van der Waals surface area contributed by atoms with Crippen molar-refractivity contribution in [1.29, 1.82) is 0 Å². The fourth-order valence-corrected chi connectivity index (χ4v) is 7.15. The largest absolute Gasteiger partial charge is 0.444 e. The summed E-state index contributed by atoms with van der Waals surface area (Å²) in [5.74, 6) is 2.55. The van der Waals surface area contributed by atoms with Crippen LogP contribution in [-0.2, 0) is 4.74 Å². The summed E-state index contributed by atoms with van der Waals surface area (Å²) in [6, 6.07) is 17.2. The Morgan fingerprint density at radius 1 is 0.850 bits per heavy atom. The molecule has 7 nitrogen and oxygen atoms in total. The Morgan fingerprint density at radius 3 is 2.08 bits per heavy atom. The minimum atomic E-state index is -0.519. The van der Waals surface area contributed by atoms with Crippen LogP contribution in [0.15, 0.2) is 48.5 Å². The Kier molecular flexibility index (Phi) is 6.18. The molecule has 3 aromatic heterocycles. The molecule has 1 amide bonds. The number of carbonyl (C=O) groups excluding carboxylic acids is 1. The van der Waals surface area contributed by atoms with Gasteiger partial charge in [0.15, 0.2) is 0 Å². The van der Waals surface area contributed by atoms with E-state index in [1.54, 1.807) is 11.3 Å². The minimum Gasteiger partial charge on any atom is -0.444 e. The van der Waals surface area contributed by atoms with Crippen LogP contribution in [0.1, 0.15) is 82.9 Å². The highest BCUT2D eigenvalue weighted by Gasteiger charge is 2.35. The van der Waals surface area contributed by atoms with Crippen LogP contribution in [0.5, 0.6) is 0 Å². The zero-order valence-electron chi connectivity index (χ0n) is 23.3. The summed E-state index contributed by atoms with van der Waals surface area (Å²) in [5.41, 5.74) is 5.91. The lowest BCUT2D eigenvalue weighted by atomic mass is 10.1. The number of likely N-dealkylation sites (tertiary alicyclic amines) is 1. The lowest BCUT2D eigenvalue weighted by molar-refractivity contribution is 0.0219. The molecule has 1 atom stereocenters. The average Bonchev–Trinajstić information content (AvgIpc) is 3.75. The molecule has 1 aliphatic carbocycles. The van der Waals surface area contributed by atoms with Crippen LogP contribution in [-0.4, -0.2) is 43.1 Å². The Hall–Kier alpha value is -3.65. The highest BCUT2D eigenvalue weighted by Crippen LogP contribution is 2.38. The molecule has 7 rings (SSSR count).